The molecule has 1 atom stereocenters. The lowest BCUT2D eigenvalue weighted by atomic mass is 10.1. The third kappa shape index (κ3) is 4.70. The predicted molar refractivity (Wildman–Crippen MR) is 87.2 cm³/mol. The molecule has 0 saturated carbocycles. The molecule has 0 radical (unpaired) electrons. The van der Waals surface area contributed by atoms with E-state index >= 15 is 0 Å². The summed E-state index contributed by atoms with van der Waals surface area (Å²) in [5.74, 6) is 0. The Labute approximate surface area is 141 Å². The minimum atomic E-state index is -4.34. The first-order valence-corrected chi connectivity index (χ1v) is 9.41. The van der Waals surface area contributed by atoms with Gasteiger partial charge < -0.3 is 4.90 Å². The number of benzene rings is 1. The molecule has 1 unspecified atom stereocenters. The van der Waals surface area contributed by atoms with Crippen molar-refractivity contribution in [2.24, 2.45) is 0 Å². The molecular formula is C16H23F3N2O2S. The first-order valence-electron chi connectivity index (χ1n) is 7.90. The van der Waals surface area contributed by atoms with Gasteiger partial charge in [-0.15, -0.1) is 0 Å². The highest BCUT2D eigenvalue weighted by Crippen LogP contribution is 2.29. The van der Waals surface area contributed by atoms with Gasteiger partial charge in [-0.2, -0.15) is 13.2 Å². The van der Waals surface area contributed by atoms with Crippen molar-refractivity contribution in [2.75, 3.05) is 33.7 Å². The van der Waals surface area contributed by atoms with Crippen LogP contribution in [0.2, 0.25) is 0 Å². The van der Waals surface area contributed by atoms with E-state index < -0.39 is 27.0 Å². The third-order valence-electron chi connectivity index (χ3n) is 4.36. The minimum Gasteiger partial charge on any atom is -0.302 e. The fourth-order valence-electron chi connectivity index (χ4n) is 2.95. The number of alkyl halides is 3. The number of hydrogen-bond donors (Lipinski definition) is 0. The molecule has 4 nitrogen and oxygen atoms in total. The number of nitrogens with zero attached hydrogens (tertiary/aromatic N) is 2. The maximum Gasteiger partial charge on any atom is 0.416 e. The fraction of sp³-hybridized carbons (Fsp3) is 0.625. The number of likely N-dealkylation sites (tertiary alicyclic amines) is 1. The molecular weight excluding hydrogens is 341 g/mol. The highest BCUT2D eigenvalue weighted by molar-refractivity contribution is 7.89. The van der Waals surface area contributed by atoms with Crippen LogP contribution in [-0.2, 0) is 22.6 Å². The van der Waals surface area contributed by atoms with Crippen molar-refractivity contribution in [1.82, 2.24) is 9.21 Å². The van der Waals surface area contributed by atoms with E-state index in [1.54, 1.807) is 6.07 Å². The SMILES string of the molecule is CN(C)S(=O)(=O)C1CCCN(CCc2cccc(C(F)(F)F)c2)C1. The van der Waals surface area contributed by atoms with Crippen molar-refractivity contribution in [2.45, 2.75) is 30.7 Å². The number of hydrogen-bond acceptors (Lipinski definition) is 3. The molecule has 0 N–H and O–H groups in total. The molecule has 1 aliphatic heterocycles. The third-order valence-corrected chi connectivity index (χ3v) is 6.61. The van der Waals surface area contributed by atoms with Crippen LogP contribution in [0.5, 0.6) is 0 Å². The summed E-state index contributed by atoms with van der Waals surface area (Å²) in [7, 11) is -0.250. The van der Waals surface area contributed by atoms with E-state index in [0.29, 0.717) is 31.5 Å². The van der Waals surface area contributed by atoms with Crippen LogP contribution in [0.25, 0.3) is 0 Å². The molecule has 1 aromatic carbocycles. The van der Waals surface area contributed by atoms with Gasteiger partial charge in [0.15, 0.2) is 0 Å². The normalized spacial score (nSPS) is 20.5. The quantitative estimate of drug-likeness (QED) is 0.806. The van der Waals surface area contributed by atoms with E-state index in [1.807, 2.05) is 4.90 Å². The molecule has 24 heavy (non-hydrogen) atoms. The zero-order valence-corrected chi connectivity index (χ0v) is 14.7. The Morgan fingerprint density at radius 2 is 2.00 bits per heavy atom. The van der Waals surface area contributed by atoms with Crippen molar-refractivity contribution in [3.05, 3.63) is 35.4 Å². The van der Waals surface area contributed by atoms with Crippen molar-refractivity contribution < 1.29 is 21.6 Å². The van der Waals surface area contributed by atoms with Crippen molar-refractivity contribution >= 4 is 10.0 Å². The molecule has 0 amide bonds. The number of piperidine rings is 1. The number of rotatable bonds is 5. The Balaban J connectivity index is 1.97. The minimum absolute atomic E-state index is 0.430. The van der Waals surface area contributed by atoms with Gasteiger partial charge in [0.2, 0.25) is 10.0 Å². The van der Waals surface area contributed by atoms with Gasteiger partial charge in [0.05, 0.1) is 10.8 Å². The molecule has 1 saturated heterocycles. The van der Waals surface area contributed by atoms with Gasteiger partial charge in [-0.25, -0.2) is 12.7 Å². The van der Waals surface area contributed by atoms with Gasteiger partial charge in [-0.1, -0.05) is 18.2 Å². The zero-order valence-electron chi connectivity index (χ0n) is 13.9. The van der Waals surface area contributed by atoms with Gasteiger partial charge in [0.25, 0.3) is 0 Å². The van der Waals surface area contributed by atoms with E-state index in [-0.39, 0.29) is 0 Å². The van der Waals surface area contributed by atoms with Gasteiger partial charge in [-0.05, 0) is 37.4 Å². The van der Waals surface area contributed by atoms with Crippen LogP contribution in [0.3, 0.4) is 0 Å². The lowest BCUT2D eigenvalue weighted by Gasteiger charge is -2.33. The van der Waals surface area contributed by atoms with Crippen LogP contribution in [0.4, 0.5) is 13.2 Å². The van der Waals surface area contributed by atoms with E-state index in [4.69, 9.17) is 0 Å². The molecule has 0 bridgehead atoms. The predicted octanol–water partition coefficient (Wildman–Crippen LogP) is 2.60. The molecule has 2 rings (SSSR count). The van der Waals surface area contributed by atoms with Crippen LogP contribution in [-0.4, -0.2) is 56.6 Å². The van der Waals surface area contributed by atoms with Crippen molar-refractivity contribution in [3.8, 4) is 0 Å². The summed E-state index contributed by atoms with van der Waals surface area (Å²) in [5.41, 5.74) is -0.0332. The Morgan fingerprint density at radius 1 is 1.29 bits per heavy atom. The Morgan fingerprint density at radius 3 is 2.62 bits per heavy atom. The van der Waals surface area contributed by atoms with Gasteiger partial charge >= 0.3 is 6.18 Å². The molecule has 0 aromatic heterocycles. The lowest BCUT2D eigenvalue weighted by molar-refractivity contribution is -0.137. The summed E-state index contributed by atoms with van der Waals surface area (Å²) < 4.78 is 63.9. The van der Waals surface area contributed by atoms with Gasteiger partial charge in [0, 0.05) is 27.2 Å². The first-order chi connectivity index (χ1) is 11.1. The zero-order chi connectivity index (χ0) is 18.0. The Hall–Kier alpha value is -1.12. The van der Waals surface area contributed by atoms with Gasteiger partial charge in [-0.3, -0.25) is 0 Å². The first kappa shape index (κ1) is 19.2. The summed E-state index contributed by atoms with van der Waals surface area (Å²) >= 11 is 0. The average molecular weight is 364 g/mol. The molecule has 0 aliphatic carbocycles. The maximum absolute atomic E-state index is 12.7. The van der Waals surface area contributed by atoms with Gasteiger partial charge in [0.1, 0.15) is 0 Å². The van der Waals surface area contributed by atoms with E-state index in [9.17, 15) is 21.6 Å². The fourth-order valence-corrected chi connectivity index (χ4v) is 4.41. The monoisotopic (exact) mass is 364 g/mol. The van der Waals surface area contributed by atoms with Crippen LogP contribution < -0.4 is 0 Å². The molecule has 1 aromatic rings. The van der Waals surface area contributed by atoms with E-state index in [1.165, 1.54) is 24.5 Å². The highest BCUT2D eigenvalue weighted by atomic mass is 32.2. The standard InChI is InChI=1S/C16H23F3N2O2S/c1-20(2)24(22,23)15-7-4-9-21(12-15)10-8-13-5-3-6-14(11-13)16(17,18)19/h3,5-6,11,15H,4,7-10,12H2,1-2H3. The summed E-state index contributed by atoms with van der Waals surface area (Å²) in [4.78, 5) is 2.02. The Kier molecular flexibility index (Phi) is 5.93. The second-order valence-electron chi connectivity index (χ2n) is 6.34. The summed E-state index contributed by atoms with van der Waals surface area (Å²) in [6.07, 6.45) is -2.47. The number of sulfonamides is 1. The summed E-state index contributed by atoms with van der Waals surface area (Å²) in [6.45, 7) is 1.76. The largest absolute Gasteiger partial charge is 0.416 e. The molecule has 136 valence electrons. The van der Waals surface area contributed by atoms with Crippen LogP contribution in [0.1, 0.15) is 24.0 Å². The topological polar surface area (TPSA) is 40.6 Å². The second kappa shape index (κ2) is 7.41. The smallest absolute Gasteiger partial charge is 0.302 e. The van der Waals surface area contributed by atoms with Crippen LogP contribution >= 0.6 is 0 Å². The average Bonchev–Trinajstić information content (AvgIpc) is 2.52. The van der Waals surface area contributed by atoms with Crippen molar-refractivity contribution in [1.29, 1.82) is 0 Å². The summed E-state index contributed by atoms with van der Waals surface area (Å²) in [5, 5.41) is -0.442. The highest BCUT2D eigenvalue weighted by Gasteiger charge is 2.32. The van der Waals surface area contributed by atoms with Crippen LogP contribution in [0.15, 0.2) is 24.3 Å². The molecule has 1 fully saturated rings. The molecule has 0 spiro atoms. The summed E-state index contributed by atoms with van der Waals surface area (Å²) in [6, 6.07) is 5.31. The van der Waals surface area contributed by atoms with Crippen molar-refractivity contribution in [3.63, 3.8) is 0 Å². The molecule has 1 heterocycles. The Bertz CT molecular complexity index is 660. The molecule has 1 aliphatic rings. The van der Waals surface area contributed by atoms with E-state index in [2.05, 4.69) is 0 Å². The van der Waals surface area contributed by atoms with Crippen LogP contribution in [0, 0.1) is 0 Å². The number of halogens is 3. The maximum atomic E-state index is 12.7. The van der Waals surface area contributed by atoms with E-state index in [0.717, 1.165) is 25.1 Å². The second-order valence-corrected chi connectivity index (χ2v) is 8.77. The lowest BCUT2D eigenvalue weighted by Crippen LogP contribution is -2.46. The molecule has 8 heteroatoms.